The first-order valence-corrected chi connectivity index (χ1v) is 5.81. The highest BCUT2D eigenvalue weighted by Crippen LogP contribution is 2.30. The Balaban J connectivity index is 2.38. The second-order valence-electron chi connectivity index (χ2n) is 4.05. The first kappa shape index (κ1) is 15.1. The van der Waals surface area contributed by atoms with E-state index in [0.717, 1.165) is 12.1 Å². The first-order chi connectivity index (χ1) is 8.93. The van der Waals surface area contributed by atoms with E-state index in [4.69, 9.17) is 10.9 Å². The van der Waals surface area contributed by atoms with Crippen LogP contribution in [0.1, 0.15) is 24.8 Å². The lowest BCUT2D eigenvalue weighted by Gasteiger charge is -2.10. The quantitative estimate of drug-likeness (QED) is 0.246. The number of nitrogens with two attached hydrogens (primary N) is 1. The minimum absolute atomic E-state index is 0.152. The Morgan fingerprint density at radius 3 is 2.68 bits per heavy atom. The zero-order valence-corrected chi connectivity index (χ0v) is 10.2. The molecule has 0 spiro atoms. The van der Waals surface area contributed by atoms with E-state index in [0.29, 0.717) is 31.5 Å². The van der Waals surface area contributed by atoms with Crippen molar-refractivity contribution in [2.45, 2.75) is 25.4 Å². The fraction of sp³-hybridized carbons (Fsp3) is 0.417. The molecule has 1 rings (SSSR count). The summed E-state index contributed by atoms with van der Waals surface area (Å²) in [5, 5.41) is 14.1. The zero-order chi connectivity index (χ0) is 14.3. The van der Waals surface area contributed by atoms with E-state index in [1.165, 1.54) is 6.07 Å². The number of hydrogen-bond donors (Lipinski definition) is 3. The molecule has 4 N–H and O–H groups in total. The van der Waals surface area contributed by atoms with E-state index in [2.05, 4.69) is 10.5 Å². The van der Waals surface area contributed by atoms with Crippen LogP contribution in [-0.2, 0) is 6.18 Å². The molecule has 4 nitrogen and oxygen atoms in total. The average molecular weight is 275 g/mol. The van der Waals surface area contributed by atoms with E-state index in [1.54, 1.807) is 6.07 Å². The monoisotopic (exact) mass is 275 g/mol. The molecule has 7 heteroatoms. The predicted octanol–water partition coefficient (Wildman–Crippen LogP) is 3.03. The summed E-state index contributed by atoms with van der Waals surface area (Å²) >= 11 is 0. The summed E-state index contributed by atoms with van der Waals surface area (Å²) in [5.41, 5.74) is 5.05. The van der Waals surface area contributed by atoms with E-state index in [-0.39, 0.29) is 5.84 Å². The maximum atomic E-state index is 12.5. The summed E-state index contributed by atoms with van der Waals surface area (Å²) in [6, 6.07) is 5.05. The van der Waals surface area contributed by atoms with Crippen molar-refractivity contribution in [3.8, 4) is 0 Å². The molecule has 0 aliphatic rings. The van der Waals surface area contributed by atoms with Crippen LogP contribution < -0.4 is 11.1 Å². The SMILES string of the molecule is NC(CCCCNc1cccc(C(F)(F)F)c1)=NO. The number of halogens is 3. The van der Waals surface area contributed by atoms with Gasteiger partial charge in [-0.2, -0.15) is 13.2 Å². The molecule has 1 aromatic carbocycles. The number of oxime groups is 1. The van der Waals surface area contributed by atoms with Crippen LogP contribution >= 0.6 is 0 Å². The van der Waals surface area contributed by atoms with E-state index in [9.17, 15) is 13.2 Å². The molecule has 19 heavy (non-hydrogen) atoms. The molecule has 0 amide bonds. The van der Waals surface area contributed by atoms with Gasteiger partial charge in [0.15, 0.2) is 0 Å². The van der Waals surface area contributed by atoms with Crippen molar-refractivity contribution in [2.24, 2.45) is 10.9 Å². The first-order valence-electron chi connectivity index (χ1n) is 5.81. The van der Waals surface area contributed by atoms with Crippen molar-refractivity contribution >= 4 is 11.5 Å². The largest absolute Gasteiger partial charge is 0.416 e. The predicted molar refractivity (Wildman–Crippen MR) is 67.2 cm³/mol. The molecular weight excluding hydrogens is 259 g/mol. The van der Waals surface area contributed by atoms with Crippen LogP contribution in [0.25, 0.3) is 0 Å². The second kappa shape index (κ2) is 6.86. The van der Waals surface area contributed by atoms with Gasteiger partial charge in [-0.15, -0.1) is 0 Å². The fourth-order valence-corrected chi connectivity index (χ4v) is 1.52. The molecule has 0 unspecified atom stereocenters. The lowest BCUT2D eigenvalue weighted by Crippen LogP contribution is -2.12. The Hall–Kier alpha value is -1.92. The second-order valence-corrected chi connectivity index (χ2v) is 4.05. The maximum Gasteiger partial charge on any atom is 0.416 e. The molecule has 0 aromatic heterocycles. The van der Waals surface area contributed by atoms with Crippen LogP contribution in [0.15, 0.2) is 29.4 Å². The van der Waals surface area contributed by atoms with Gasteiger partial charge in [0.25, 0.3) is 0 Å². The number of nitrogens with zero attached hydrogens (tertiary/aromatic N) is 1. The van der Waals surface area contributed by atoms with Gasteiger partial charge in [0.2, 0.25) is 0 Å². The third kappa shape index (κ3) is 5.50. The standard InChI is InChI=1S/C12H16F3N3O/c13-12(14,15)9-4-3-5-10(8-9)17-7-2-1-6-11(16)18-19/h3-5,8,17,19H,1-2,6-7H2,(H2,16,18). The van der Waals surface area contributed by atoms with Gasteiger partial charge in [0.1, 0.15) is 5.84 Å². The summed E-state index contributed by atoms with van der Waals surface area (Å²) in [6.45, 7) is 0.528. The Morgan fingerprint density at radius 1 is 1.32 bits per heavy atom. The van der Waals surface area contributed by atoms with Gasteiger partial charge < -0.3 is 16.3 Å². The van der Waals surface area contributed by atoms with E-state index >= 15 is 0 Å². The molecule has 0 aliphatic heterocycles. The van der Waals surface area contributed by atoms with Gasteiger partial charge in [-0.05, 0) is 31.0 Å². The summed E-state index contributed by atoms with van der Waals surface area (Å²) in [7, 11) is 0. The Labute approximate surface area is 109 Å². The molecule has 106 valence electrons. The molecule has 0 heterocycles. The Bertz CT molecular complexity index is 432. The van der Waals surface area contributed by atoms with Crippen molar-refractivity contribution in [1.29, 1.82) is 0 Å². The number of anilines is 1. The number of amidine groups is 1. The minimum atomic E-state index is -4.33. The molecule has 0 atom stereocenters. The van der Waals surface area contributed by atoms with Crippen LogP contribution in [0.4, 0.5) is 18.9 Å². The van der Waals surface area contributed by atoms with Crippen molar-refractivity contribution in [3.63, 3.8) is 0 Å². The average Bonchev–Trinajstić information content (AvgIpc) is 2.37. The number of hydrogen-bond acceptors (Lipinski definition) is 3. The molecule has 0 aliphatic carbocycles. The number of benzene rings is 1. The number of nitrogens with one attached hydrogen (secondary N) is 1. The van der Waals surface area contributed by atoms with Crippen LogP contribution in [0.2, 0.25) is 0 Å². The summed E-state index contributed by atoms with van der Waals surface area (Å²) in [4.78, 5) is 0. The normalized spacial score (nSPS) is 12.5. The van der Waals surface area contributed by atoms with Crippen molar-refractivity contribution in [3.05, 3.63) is 29.8 Å². The number of alkyl halides is 3. The van der Waals surface area contributed by atoms with Crippen LogP contribution in [0.3, 0.4) is 0 Å². The topological polar surface area (TPSA) is 70.6 Å². The van der Waals surface area contributed by atoms with Gasteiger partial charge in [0, 0.05) is 18.7 Å². The lowest BCUT2D eigenvalue weighted by molar-refractivity contribution is -0.137. The molecular formula is C12H16F3N3O. The highest BCUT2D eigenvalue weighted by molar-refractivity contribution is 5.79. The van der Waals surface area contributed by atoms with E-state index < -0.39 is 11.7 Å². The number of rotatable bonds is 6. The van der Waals surface area contributed by atoms with Crippen molar-refractivity contribution < 1.29 is 18.4 Å². The van der Waals surface area contributed by atoms with Gasteiger partial charge in [0.05, 0.1) is 5.56 Å². The van der Waals surface area contributed by atoms with Gasteiger partial charge in [-0.25, -0.2) is 0 Å². The molecule has 0 fully saturated rings. The summed E-state index contributed by atoms with van der Waals surface area (Å²) in [5.74, 6) is 0.152. The highest BCUT2D eigenvalue weighted by atomic mass is 19.4. The van der Waals surface area contributed by atoms with Crippen LogP contribution in [-0.4, -0.2) is 17.6 Å². The smallest absolute Gasteiger partial charge is 0.409 e. The van der Waals surface area contributed by atoms with Crippen LogP contribution in [0.5, 0.6) is 0 Å². The zero-order valence-electron chi connectivity index (χ0n) is 10.2. The summed E-state index contributed by atoms with van der Waals surface area (Å²) in [6.07, 6.45) is -2.46. The van der Waals surface area contributed by atoms with Crippen molar-refractivity contribution in [1.82, 2.24) is 0 Å². The summed E-state index contributed by atoms with van der Waals surface area (Å²) < 4.78 is 37.4. The van der Waals surface area contributed by atoms with Gasteiger partial charge in [-0.1, -0.05) is 11.2 Å². The van der Waals surface area contributed by atoms with E-state index in [1.807, 2.05) is 0 Å². The molecule has 1 aromatic rings. The molecule has 0 saturated heterocycles. The maximum absolute atomic E-state index is 12.5. The third-order valence-electron chi connectivity index (χ3n) is 2.51. The van der Waals surface area contributed by atoms with Gasteiger partial charge in [-0.3, -0.25) is 0 Å². The van der Waals surface area contributed by atoms with Crippen molar-refractivity contribution in [2.75, 3.05) is 11.9 Å². The Kier molecular flexibility index (Phi) is 5.47. The number of unbranched alkanes of at least 4 members (excludes halogenated alkanes) is 1. The van der Waals surface area contributed by atoms with Gasteiger partial charge >= 0.3 is 6.18 Å². The Morgan fingerprint density at radius 2 is 2.05 bits per heavy atom. The highest BCUT2D eigenvalue weighted by Gasteiger charge is 2.30. The van der Waals surface area contributed by atoms with Crippen LogP contribution in [0, 0.1) is 0 Å². The fourth-order valence-electron chi connectivity index (χ4n) is 1.52. The molecule has 0 radical (unpaired) electrons. The third-order valence-corrected chi connectivity index (χ3v) is 2.51. The molecule has 0 bridgehead atoms. The molecule has 0 saturated carbocycles. The minimum Gasteiger partial charge on any atom is -0.409 e. The lowest BCUT2D eigenvalue weighted by atomic mass is 10.2.